The summed E-state index contributed by atoms with van der Waals surface area (Å²) >= 11 is 0. The minimum atomic E-state index is 0.250. The molecule has 1 aromatic heterocycles. The van der Waals surface area contributed by atoms with E-state index in [1.54, 1.807) is 0 Å². The maximum Gasteiger partial charge on any atom is 0.373 e. The van der Waals surface area contributed by atoms with Gasteiger partial charge >= 0.3 is 6.15 Å². The van der Waals surface area contributed by atoms with E-state index < -0.39 is 0 Å². The zero-order valence-electron chi connectivity index (χ0n) is 21.5. The molecule has 0 saturated carbocycles. The fraction of sp³-hybridized carbons (Fsp3) is 0.433. The molecule has 2 aromatic carbocycles. The number of aromatic nitrogens is 2. The van der Waals surface area contributed by atoms with Crippen LogP contribution in [0.1, 0.15) is 60.8 Å². The Bertz CT molecular complexity index is 1180. The molecule has 3 aromatic rings. The summed E-state index contributed by atoms with van der Waals surface area (Å²) in [5, 5.41) is 0. The normalized spacial score (nSPS) is 14.3. The summed E-state index contributed by atoms with van der Waals surface area (Å²) in [6, 6.07) is 17.4. The van der Waals surface area contributed by atoms with Crippen molar-refractivity contribution < 1.29 is 9.59 Å². The van der Waals surface area contributed by atoms with Crippen molar-refractivity contribution in [3.05, 3.63) is 76.7 Å². The van der Waals surface area contributed by atoms with Crippen LogP contribution in [0.2, 0.25) is 0 Å². The number of likely N-dealkylation sites (tertiary alicyclic amines) is 1. The highest BCUT2D eigenvalue weighted by molar-refractivity contribution is 5.84. The number of hydrogen-bond acceptors (Lipinski definition) is 6. The molecule has 5 rings (SSSR count). The highest BCUT2D eigenvalue weighted by atomic mass is 16.2. The van der Waals surface area contributed by atoms with Gasteiger partial charge in [0.15, 0.2) is 0 Å². The van der Waals surface area contributed by atoms with Crippen molar-refractivity contribution >= 4 is 12.0 Å². The van der Waals surface area contributed by atoms with E-state index in [0.29, 0.717) is 0 Å². The molecule has 2 aliphatic rings. The Labute approximate surface area is 214 Å². The third kappa shape index (κ3) is 6.26. The Balaban J connectivity index is 0.000000967. The number of fused-ring (bicyclic) bond motifs is 3. The SMILES string of the molecule is CCN(CCCN1CCCCC1)c1nc(Cc2ccccc2)nc2c1-c1ccc(C)cc1C2.O=C=O. The molecule has 6 nitrogen and oxygen atoms in total. The predicted molar refractivity (Wildman–Crippen MR) is 142 cm³/mol. The van der Waals surface area contributed by atoms with Gasteiger partial charge < -0.3 is 9.80 Å². The molecule has 188 valence electrons. The van der Waals surface area contributed by atoms with Gasteiger partial charge in [0.05, 0.1) is 5.69 Å². The van der Waals surface area contributed by atoms with E-state index in [1.807, 2.05) is 0 Å². The number of aryl methyl sites for hydroxylation is 1. The van der Waals surface area contributed by atoms with E-state index >= 15 is 0 Å². The third-order valence-corrected chi connectivity index (χ3v) is 7.14. The summed E-state index contributed by atoms with van der Waals surface area (Å²) in [6.07, 6.45) is 7.23. The molecule has 0 spiro atoms. The molecule has 1 aliphatic heterocycles. The van der Waals surface area contributed by atoms with E-state index in [9.17, 15) is 0 Å². The number of anilines is 1. The average Bonchev–Trinajstić information content (AvgIpc) is 3.25. The fourth-order valence-corrected chi connectivity index (χ4v) is 5.41. The first-order chi connectivity index (χ1) is 17.6. The van der Waals surface area contributed by atoms with Crippen molar-refractivity contribution in [1.82, 2.24) is 14.9 Å². The zero-order valence-corrected chi connectivity index (χ0v) is 21.5. The summed E-state index contributed by atoms with van der Waals surface area (Å²) < 4.78 is 0. The molecule has 0 amide bonds. The van der Waals surface area contributed by atoms with E-state index in [0.717, 1.165) is 37.6 Å². The number of piperidine rings is 1. The van der Waals surface area contributed by atoms with Crippen molar-refractivity contribution in [3.8, 4) is 11.1 Å². The Morgan fingerprint density at radius 2 is 1.75 bits per heavy atom. The summed E-state index contributed by atoms with van der Waals surface area (Å²) in [6.45, 7) is 10.2. The number of carbonyl (C=O) groups excluding carboxylic acids is 2. The Morgan fingerprint density at radius 1 is 1.00 bits per heavy atom. The molecule has 1 saturated heterocycles. The van der Waals surface area contributed by atoms with E-state index in [4.69, 9.17) is 19.6 Å². The van der Waals surface area contributed by atoms with E-state index in [2.05, 4.69) is 72.2 Å². The summed E-state index contributed by atoms with van der Waals surface area (Å²) in [5.41, 5.74) is 7.76. The van der Waals surface area contributed by atoms with Crippen LogP contribution in [-0.4, -0.2) is 53.7 Å². The van der Waals surface area contributed by atoms with Crippen LogP contribution in [-0.2, 0) is 22.4 Å². The standard InChI is InChI=1S/C29H36N4.CO2/c1-3-33(18-10-17-32-15-8-5-9-16-32)29-28-25-14-13-22(2)19-24(25)21-26(28)30-27(31-29)20-23-11-6-4-7-12-23;2-1-3/h4,6-7,11-14,19H,3,5,8-10,15-18,20-21H2,1-2H3;. The second-order valence-corrected chi connectivity index (χ2v) is 9.70. The summed E-state index contributed by atoms with van der Waals surface area (Å²) in [7, 11) is 0. The molecule has 0 N–H and O–H groups in total. The maximum atomic E-state index is 8.12. The summed E-state index contributed by atoms with van der Waals surface area (Å²) in [4.78, 5) is 31.7. The monoisotopic (exact) mass is 484 g/mol. The van der Waals surface area contributed by atoms with E-state index in [-0.39, 0.29) is 6.15 Å². The number of rotatable bonds is 8. The molecule has 6 heteroatoms. The number of hydrogen-bond donors (Lipinski definition) is 0. The Kier molecular flexibility index (Phi) is 8.99. The Morgan fingerprint density at radius 3 is 2.47 bits per heavy atom. The van der Waals surface area contributed by atoms with Gasteiger partial charge in [-0.3, -0.25) is 0 Å². The molecule has 1 fully saturated rings. The third-order valence-electron chi connectivity index (χ3n) is 7.14. The zero-order chi connectivity index (χ0) is 25.3. The lowest BCUT2D eigenvalue weighted by Crippen LogP contribution is -2.34. The molecule has 1 aliphatic carbocycles. The van der Waals surface area contributed by atoms with Gasteiger partial charge in [0.25, 0.3) is 0 Å². The minimum absolute atomic E-state index is 0.250. The van der Waals surface area contributed by atoms with Gasteiger partial charge in [0, 0.05) is 31.5 Å². The predicted octanol–water partition coefficient (Wildman–Crippen LogP) is 5.07. The first-order valence-corrected chi connectivity index (χ1v) is 13.1. The second kappa shape index (κ2) is 12.6. The lowest BCUT2D eigenvalue weighted by Gasteiger charge is -2.29. The fourth-order valence-electron chi connectivity index (χ4n) is 5.41. The largest absolute Gasteiger partial charge is 0.373 e. The highest BCUT2D eigenvalue weighted by Gasteiger charge is 2.27. The maximum absolute atomic E-state index is 8.12. The van der Waals surface area contributed by atoms with Crippen LogP contribution in [0.4, 0.5) is 5.82 Å². The minimum Gasteiger partial charge on any atom is -0.356 e. The van der Waals surface area contributed by atoms with Crippen LogP contribution in [0.15, 0.2) is 48.5 Å². The van der Waals surface area contributed by atoms with Gasteiger partial charge in [0.1, 0.15) is 11.6 Å². The van der Waals surface area contributed by atoms with Gasteiger partial charge in [0.2, 0.25) is 0 Å². The van der Waals surface area contributed by atoms with Crippen LogP contribution < -0.4 is 4.90 Å². The molecule has 36 heavy (non-hydrogen) atoms. The Hall–Kier alpha value is -3.34. The van der Waals surface area contributed by atoms with Gasteiger partial charge in [-0.25, -0.2) is 9.97 Å². The first-order valence-electron chi connectivity index (χ1n) is 13.1. The molecule has 0 radical (unpaired) electrons. The van der Waals surface area contributed by atoms with Crippen molar-refractivity contribution in [3.63, 3.8) is 0 Å². The second-order valence-electron chi connectivity index (χ2n) is 9.70. The lowest BCUT2D eigenvalue weighted by atomic mass is 10.0. The van der Waals surface area contributed by atoms with Crippen molar-refractivity contribution in [1.29, 1.82) is 0 Å². The van der Waals surface area contributed by atoms with Crippen molar-refractivity contribution in [2.45, 2.75) is 52.4 Å². The van der Waals surface area contributed by atoms with Gasteiger partial charge in [-0.2, -0.15) is 9.59 Å². The molecular formula is C30H36N4O2. The van der Waals surface area contributed by atoms with Crippen molar-refractivity contribution in [2.24, 2.45) is 0 Å². The first kappa shape index (κ1) is 25.7. The molecule has 0 atom stereocenters. The average molecular weight is 485 g/mol. The van der Waals surface area contributed by atoms with Gasteiger partial charge in [-0.15, -0.1) is 0 Å². The van der Waals surface area contributed by atoms with Crippen LogP contribution in [0.3, 0.4) is 0 Å². The van der Waals surface area contributed by atoms with Crippen molar-refractivity contribution in [2.75, 3.05) is 37.6 Å². The van der Waals surface area contributed by atoms with Gasteiger partial charge in [-0.05, 0) is 69.4 Å². The molecular weight excluding hydrogens is 448 g/mol. The number of nitrogens with zero attached hydrogens (tertiary/aromatic N) is 4. The van der Waals surface area contributed by atoms with E-state index in [1.165, 1.54) is 78.8 Å². The van der Waals surface area contributed by atoms with Crippen LogP contribution >= 0.6 is 0 Å². The summed E-state index contributed by atoms with van der Waals surface area (Å²) in [5.74, 6) is 2.07. The molecule has 0 unspecified atom stereocenters. The highest BCUT2D eigenvalue weighted by Crippen LogP contribution is 2.41. The van der Waals surface area contributed by atoms with Crippen LogP contribution in [0, 0.1) is 6.92 Å². The quantitative estimate of drug-likeness (QED) is 0.348. The van der Waals surface area contributed by atoms with Gasteiger partial charge in [-0.1, -0.05) is 60.5 Å². The molecule has 0 bridgehead atoms. The van der Waals surface area contributed by atoms with Crippen LogP contribution in [0.25, 0.3) is 11.1 Å². The smallest absolute Gasteiger partial charge is 0.356 e. The lowest BCUT2D eigenvalue weighted by molar-refractivity contribution is -0.191. The van der Waals surface area contributed by atoms with Crippen LogP contribution in [0.5, 0.6) is 0 Å². The topological polar surface area (TPSA) is 66.4 Å². The number of benzene rings is 2. The molecule has 2 heterocycles.